The number of hydrogen-bond donors (Lipinski definition) is 3. The average molecular weight is 524 g/mol. The third-order valence-electron chi connectivity index (χ3n) is 8.21. The first-order valence-electron chi connectivity index (χ1n) is 12.8. The minimum absolute atomic E-state index is 0.0463. The third-order valence-corrected chi connectivity index (χ3v) is 10.3. The van der Waals surface area contributed by atoms with Crippen LogP contribution in [0.4, 0.5) is 11.4 Å². The maximum Gasteiger partial charge on any atom is 0.248 e. The van der Waals surface area contributed by atoms with Gasteiger partial charge in [-0.1, -0.05) is 32.0 Å². The van der Waals surface area contributed by atoms with Crippen molar-refractivity contribution in [3.05, 3.63) is 54.6 Å². The number of likely N-dealkylation sites (tertiary alicyclic amines) is 1. The van der Waals surface area contributed by atoms with Crippen molar-refractivity contribution in [2.24, 2.45) is 17.8 Å². The van der Waals surface area contributed by atoms with Gasteiger partial charge in [-0.05, 0) is 55.2 Å². The largest absolute Gasteiger partial charge is 0.497 e. The number of methoxy groups -OCH3 is 1. The second-order valence-electron chi connectivity index (χ2n) is 10.1. The van der Waals surface area contributed by atoms with Gasteiger partial charge in [0.2, 0.25) is 17.7 Å². The summed E-state index contributed by atoms with van der Waals surface area (Å²) >= 11 is 1.62. The van der Waals surface area contributed by atoms with Crippen molar-refractivity contribution >= 4 is 40.9 Å². The van der Waals surface area contributed by atoms with Gasteiger partial charge in [-0.25, -0.2) is 0 Å². The zero-order valence-electron chi connectivity index (χ0n) is 21.2. The third kappa shape index (κ3) is 4.08. The molecule has 9 heteroatoms. The number of aliphatic hydroxyl groups excluding tert-OH is 1. The van der Waals surface area contributed by atoms with Crippen LogP contribution >= 0.6 is 11.8 Å². The summed E-state index contributed by atoms with van der Waals surface area (Å²) in [5.74, 6) is -1.17. The maximum absolute atomic E-state index is 14.1. The van der Waals surface area contributed by atoms with E-state index in [0.29, 0.717) is 23.5 Å². The highest BCUT2D eigenvalue weighted by Gasteiger charge is 2.76. The number of ether oxygens (including phenoxy) is 1. The van der Waals surface area contributed by atoms with Crippen LogP contribution in [0.1, 0.15) is 26.7 Å². The molecule has 1 spiro atoms. The van der Waals surface area contributed by atoms with E-state index in [0.717, 1.165) is 6.42 Å². The number of carbonyl (C=O) groups is 3. The first kappa shape index (κ1) is 25.6. The van der Waals surface area contributed by atoms with Gasteiger partial charge in [0.25, 0.3) is 0 Å². The number of amides is 3. The van der Waals surface area contributed by atoms with Crippen LogP contribution in [0.5, 0.6) is 5.75 Å². The van der Waals surface area contributed by atoms with E-state index in [1.54, 1.807) is 48.0 Å². The van der Waals surface area contributed by atoms with E-state index in [4.69, 9.17) is 4.74 Å². The maximum atomic E-state index is 14.1. The topological polar surface area (TPSA) is 108 Å². The molecule has 3 aliphatic rings. The Balaban J connectivity index is 1.51. The number of nitrogens with zero attached hydrogens (tertiary/aromatic N) is 1. The lowest BCUT2D eigenvalue weighted by Crippen LogP contribution is -2.56. The van der Waals surface area contributed by atoms with Gasteiger partial charge in [-0.3, -0.25) is 14.4 Å². The van der Waals surface area contributed by atoms with E-state index in [-0.39, 0.29) is 35.5 Å². The van der Waals surface area contributed by atoms with Crippen LogP contribution in [0.25, 0.3) is 0 Å². The molecule has 196 valence electrons. The molecule has 7 atom stereocenters. The predicted molar refractivity (Wildman–Crippen MR) is 143 cm³/mol. The van der Waals surface area contributed by atoms with Crippen LogP contribution in [0.15, 0.2) is 54.6 Å². The molecule has 0 aromatic heterocycles. The van der Waals surface area contributed by atoms with Crippen molar-refractivity contribution in [2.75, 3.05) is 24.4 Å². The van der Waals surface area contributed by atoms with E-state index in [1.807, 2.05) is 37.3 Å². The van der Waals surface area contributed by atoms with Gasteiger partial charge >= 0.3 is 0 Å². The lowest BCUT2D eigenvalue weighted by molar-refractivity contribution is -0.141. The fourth-order valence-electron chi connectivity index (χ4n) is 6.50. The molecule has 3 heterocycles. The average Bonchev–Trinajstić information content (AvgIpc) is 3.50. The lowest BCUT2D eigenvalue weighted by atomic mass is 9.66. The van der Waals surface area contributed by atoms with Crippen molar-refractivity contribution in [3.63, 3.8) is 0 Å². The molecule has 2 aromatic rings. The monoisotopic (exact) mass is 523 g/mol. The Hall–Kier alpha value is -3.04. The number of nitrogens with one attached hydrogen (secondary N) is 2. The van der Waals surface area contributed by atoms with Crippen molar-refractivity contribution < 1.29 is 24.2 Å². The number of rotatable bonds is 8. The van der Waals surface area contributed by atoms with E-state index in [9.17, 15) is 19.5 Å². The highest BCUT2D eigenvalue weighted by atomic mass is 32.2. The predicted octanol–water partition coefficient (Wildman–Crippen LogP) is 3.38. The molecule has 37 heavy (non-hydrogen) atoms. The number of fused-ring (bicyclic) bond motifs is 1. The smallest absolute Gasteiger partial charge is 0.248 e. The van der Waals surface area contributed by atoms with E-state index in [2.05, 4.69) is 17.6 Å². The summed E-state index contributed by atoms with van der Waals surface area (Å²) in [6.45, 7) is 3.72. The molecule has 3 amide bonds. The second kappa shape index (κ2) is 10.0. The van der Waals surface area contributed by atoms with Crippen LogP contribution in [-0.2, 0) is 14.4 Å². The number of hydrogen-bond acceptors (Lipinski definition) is 6. The van der Waals surface area contributed by atoms with Crippen LogP contribution in [-0.4, -0.2) is 63.5 Å². The van der Waals surface area contributed by atoms with E-state index < -0.39 is 28.7 Å². The summed E-state index contributed by atoms with van der Waals surface area (Å²) in [4.78, 5) is 43.3. The number of aliphatic hydroxyl groups is 1. The highest BCUT2D eigenvalue weighted by Crippen LogP contribution is 2.69. The Labute approximate surface area is 221 Å². The summed E-state index contributed by atoms with van der Waals surface area (Å²) in [7, 11) is 1.58. The number of thioether (sulfide) groups is 1. The summed E-state index contributed by atoms with van der Waals surface area (Å²) in [6, 6.07) is 15.0. The fraction of sp³-hybridized carbons (Fsp3) is 0.464. The first-order chi connectivity index (χ1) is 17.8. The van der Waals surface area contributed by atoms with Crippen molar-refractivity contribution in [1.82, 2.24) is 4.90 Å². The van der Waals surface area contributed by atoms with Crippen LogP contribution in [0.2, 0.25) is 0 Å². The minimum atomic E-state index is -0.802. The van der Waals surface area contributed by atoms with E-state index >= 15 is 0 Å². The SMILES string of the molecule is CC[C@@H](CO)N1C(=O)[C@@H]2[C@@H](C(=O)Nc3ccccc3)[C@H]3CC(C)C2(S3)C1C(=O)Nc1ccc(OC)cc1. The molecule has 3 N–H and O–H groups in total. The molecule has 3 fully saturated rings. The molecule has 2 bridgehead atoms. The number of anilines is 2. The zero-order chi connectivity index (χ0) is 26.3. The Morgan fingerprint density at radius 1 is 1.11 bits per heavy atom. The molecule has 3 aliphatic heterocycles. The Morgan fingerprint density at radius 2 is 1.76 bits per heavy atom. The van der Waals surface area contributed by atoms with Crippen LogP contribution in [0, 0.1) is 17.8 Å². The molecular formula is C28H33N3O5S. The fourth-order valence-corrected chi connectivity index (χ4v) is 8.91. The Morgan fingerprint density at radius 3 is 2.38 bits per heavy atom. The molecule has 0 radical (unpaired) electrons. The van der Waals surface area contributed by atoms with Crippen LogP contribution in [0.3, 0.4) is 0 Å². The van der Waals surface area contributed by atoms with Gasteiger partial charge in [0.05, 0.1) is 36.3 Å². The Bertz CT molecular complexity index is 1170. The number of benzene rings is 2. The normalized spacial score (nSPS) is 30.6. The van der Waals surface area contributed by atoms with Gasteiger partial charge < -0.3 is 25.4 Å². The van der Waals surface area contributed by atoms with Gasteiger partial charge in [-0.2, -0.15) is 0 Å². The van der Waals surface area contributed by atoms with E-state index in [1.165, 1.54) is 0 Å². The van der Waals surface area contributed by atoms with Gasteiger partial charge in [0.15, 0.2) is 0 Å². The minimum Gasteiger partial charge on any atom is -0.497 e. The Kier molecular flexibility index (Phi) is 6.93. The summed E-state index contributed by atoms with van der Waals surface area (Å²) in [5.41, 5.74) is 1.28. The number of carbonyl (C=O) groups excluding carboxylic acids is 3. The molecule has 2 aromatic carbocycles. The molecule has 0 aliphatic carbocycles. The van der Waals surface area contributed by atoms with Crippen molar-refractivity contribution in [3.8, 4) is 5.75 Å². The van der Waals surface area contributed by atoms with Gasteiger partial charge in [0, 0.05) is 16.6 Å². The summed E-state index contributed by atoms with van der Waals surface area (Å²) in [5, 5.41) is 16.1. The summed E-state index contributed by atoms with van der Waals surface area (Å²) in [6.07, 6.45) is 1.25. The molecule has 3 saturated heterocycles. The molecule has 8 nitrogen and oxygen atoms in total. The molecular weight excluding hydrogens is 490 g/mol. The number of para-hydroxylation sites is 1. The lowest BCUT2D eigenvalue weighted by Gasteiger charge is -2.40. The second-order valence-corrected chi connectivity index (χ2v) is 11.7. The van der Waals surface area contributed by atoms with Gasteiger partial charge in [-0.15, -0.1) is 11.8 Å². The molecule has 0 saturated carbocycles. The van der Waals surface area contributed by atoms with Crippen molar-refractivity contribution in [2.45, 2.75) is 48.8 Å². The van der Waals surface area contributed by atoms with Crippen molar-refractivity contribution in [1.29, 1.82) is 0 Å². The molecule has 5 rings (SSSR count). The molecule has 3 unspecified atom stereocenters. The zero-order valence-corrected chi connectivity index (χ0v) is 22.0. The standard InChI is InChI=1S/C28H33N3O5S/c1-4-19(15-32)31-24(26(34)30-18-10-12-20(36-3)13-11-18)28-16(2)14-21(37-28)22(23(28)27(31)35)25(33)29-17-8-6-5-7-9-17/h5-13,16,19,21-24,32H,4,14-15H2,1-3H3,(H,29,33)(H,30,34)/t16?,19-,21+,22-,23-,24?,28?/m0/s1. The van der Waals surface area contributed by atoms with Gasteiger partial charge in [0.1, 0.15) is 11.8 Å². The highest BCUT2D eigenvalue weighted by molar-refractivity contribution is 8.02. The quantitative estimate of drug-likeness (QED) is 0.490. The first-order valence-corrected chi connectivity index (χ1v) is 13.6. The summed E-state index contributed by atoms with van der Waals surface area (Å²) < 4.78 is 4.47. The van der Waals surface area contributed by atoms with Crippen LogP contribution < -0.4 is 15.4 Å².